The Morgan fingerprint density at radius 3 is 2.50 bits per heavy atom. The topological polar surface area (TPSA) is 114 Å². The first-order valence-corrected chi connectivity index (χ1v) is 7.38. The first-order valence-electron chi connectivity index (χ1n) is 7.38. The second-order valence-electron chi connectivity index (χ2n) is 5.39. The fourth-order valence-electron chi connectivity index (χ4n) is 1.70. The van der Waals surface area contributed by atoms with E-state index in [2.05, 4.69) is 15.4 Å². The number of rotatable bonds is 6. The molecule has 24 heavy (non-hydrogen) atoms. The van der Waals surface area contributed by atoms with E-state index in [0.717, 1.165) is 5.56 Å². The molecule has 0 aliphatic heterocycles. The molecule has 130 valence electrons. The van der Waals surface area contributed by atoms with Crippen molar-refractivity contribution in [3.05, 3.63) is 35.4 Å². The Balaban J connectivity index is 2.30. The monoisotopic (exact) mass is 335 g/mol. The third-order valence-electron chi connectivity index (χ3n) is 2.71. The summed E-state index contributed by atoms with van der Waals surface area (Å²) in [6.07, 6.45) is 0. The molecule has 0 aliphatic rings. The van der Waals surface area contributed by atoms with E-state index in [1.807, 2.05) is 18.3 Å². The lowest BCUT2D eigenvalue weighted by molar-refractivity contribution is -0.147. The van der Waals surface area contributed by atoms with Gasteiger partial charge in [0.1, 0.15) is 6.54 Å². The molecule has 0 saturated heterocycles. The van der Waals surface area contributed by atoms with E-state index < -0.39 is 30.4 Å². The fourth-order valence-corrected chi connectivity index (χ4v) is 1.70. The molecule has 0 spiro atoms. The van der Waals surface area contributed by atoms with Crippen molar-refractivity contribution < 1.29 is 23.9 Å². The van der Waals surface area contributed by atoms with Crippen LogP contribution < -0.4 is 16.0 Å². The highest BCUT2D eigenvalue weighted by atomic mass is 16.5. The van der Waals surface area contributed by atoms with Gasteiger partial charge in [0.05, 0.1) is 0 Å². The maximum atomic E-state index is 11.8. The molecule has 1 aromatic carbocycles. The van der Waals surface area contributed by atoms with Gasteiger partial charge in [-0.3, -0.25) is 19.7 Å². The van der Waals surface area contributed by atoms with Gasteiger partial charge in [0.2, 0.25) is 0 Å². The summed E-state index contributed by atoms with van der Waals surface area (Å²) >= 11 is 0. The van der Waals surface area contributed by atoms with Crippen LogP contribution >= 0.6 is 0 Å². The van der Waals surface area contributed by atoms with Gasteiger partial charge in [-0.15, -0.1) is 0 Å². The second-order valence-corrected chi connectivity index (χ2v) is 5.39. The first kappa shape index (κ1) is 19.1. The van der Waals surface area contributed by atoms with Gasteiger partial charge in [-0.2, -0.15) is 0 Å². The number of hydrogen-bond donors (Lipinski definition) is 3. The van der Waals surface area contributed by atoms with Crippen LogP contribution in [-0.2, 0) is 14.3 Å². The van der Waals surface area contributed by atoms with E-state index >= 15 is 0 Å². The van der Waals surface area contributed by atoms with Crippen molar-refractivity contribution in [3.8, 4) is 0 Å². The third kappa shape index (κ3) is 7.39. The lowest BCUT2D eigenvalue weighted by atomic mass is 10.1. The van der Waals surface area contributed by atoms with Crippen molar-refractivity contribution in [2.45, 2.75) is 26.8 Å². The quantitative estimate of drug-likeness (QED) is 0.655. The smallest absolute Gasteiger partial charge is 0.325 e. The molecule has 1 rings (SSSR count). The lowest BCUT2D eigenvalue weighted by Crippen LogP contribution is -2.44. The number of carbonyl (C=O) groups is 4. The molecule has 8 heteroatoms. The molecule has 0 radical (unpaired) electrons. The van der Waals surface area contributed by atoms with Crippen LogP contribution in [0.2, 0.25) is 0 Å². The van der Waals surface area contributed by atoms with E-state index in [-0.39, 0.29) is 12.6 Å². The van der Waals surface area contributed by atoms with Crippen LogP contribution in [0.25, 0.3) is 0 Å². The van der Waals surface area contributed by atoms with Crippen LogP contribution in [0.15, 0.2) is 24.3 Å². The number of ether oxygens (including phenoxy) is 1. The minimum atomic E-state index is -0.782. The molecule has 3 N–H and O–H groups in total. The van der Waals surface area contributed by atoms with Crippen LogP contribution in [0.4, 0.5) is 4.79 Å². The van der Waals surface area contributed by atoms with E-state index in [1.165, 1.54) is 0 Å². The molecular formula is C16H21N3O5. The number of esters is 1. The lowest BCUT2D eigenvalue weighted by Gasteiger charge is -2.09. The van der Waals surface area contributed by atoms with Gasteiger partial charge in [0, 0.05) is 11.6 Å². The summed E-state index contributed by atoms with van der Waals surface area (Å²) in [6, 6.07) is 6.08. The molecule has 8 nitrogen and oxygen atoms in total. The Morgan fingerprint density at radius 2 is 1.88 bits per heavy atom. The molecule has 0 bridgehead atoms. The van der Waals surface area contributed by atoms with Gasteiger partial charge in [-0.25, -0.2) is 4.79 Å². The molecule has 4 amide bonds. The molecule has 0 fully saturated rings. The summed E-state index contributed by atoms with van der Waals surface area (Å²) in [6.45, 7) is 4.34. The Morgan fingerprint density at radius 1 is 1.17 bits per heavy atom. The minimum absolute atomic E-state index is 0.128. The number of amides is 4. The first-order chi connectivity index (χ1) is 11.3. The molecule has 0 atom stereocenters. The zero-order chi connectivity index (χ0) is 18.1. The van der Waals surface area contributed by atoms with Crippen molar-refractivity contribution >= 4 is 23.8 Å². The Kier molecular flexibility index (Phi) is 7.41. The standard InChI is InChI=1S/C16H21N3O5/c1-10(2)18-16(23)19-13(20)9-24-14(21)8-17-15(22)12-6-4-5-11(3)7-12/h4-7,10H,8-9H2,1-3H3,(H,17,22)(H2,18,19,20,23). The molecule has 0 unspecified atom stereocenters. The van der Waals surface area contributed by atoms with Crippen molar-refractivity contribution in [2.24, 2.45) is 0 Å². The van der Waals surface area contributed by atoms with Crippen LogP contribution in [0.5, 0.6) is 0 Å². The molecule has 1 aromatic rings. The van der Waals surface area contributed by atoms with Crippen LogP contribution in [0.1, 0.15) is 29.8 Å². The summed E-state index contributed by atoms with van der Waals surface area (Å²) in [7, 11) is 0. The van der Waals surface area contributed by atoms with Crippen molar-refractivity contribution in [1.82, 2.24) is 16.0 Å². The predicted molar refractivity (Wildman–Crippen MR) is 86.3 cm³/mol. The number of imide groups is 1. The van der Waals surface area contributed by atoms with E-state index in [1.54, 1.807) is 32.0 Å². The molecular weight excluding hydrogens is 314 g/mol. The molecule has 0 saturated carbocycles. The van der Waals surface area contributed by atoms with E-state index in [0.29, 0.717) is 5.56 Å². The number of benzene rings is 1. The number of aryl methyl sites for hydroxylation is 1. The number of nitrogens with one attached hydrogen (secondary N) is 3. The predicted octanol–water partition coefficient (Wildman–Crippen LogP) is 0.502. The highest BCUT2D eigenvalue weighted by Gasteiger charge is 2.13. The highest BCUT2D eigenvalue weighted by Crippen LogP contribution is 2.03. The Hall–Kier alpha value is -2.90. The van der Waals surface area contributed by atoms with Gasteiger partial charge in [-0.1, -0.05) is 17.7 Å². The Labute approximate surface area is 139 Å². The van der Waals surface area contributed by atoms with E-state index in [4.69, 9.17) is 0 Å². The zero-order valence-corrected chi connectivity index (χ0v) is 13.8. The second kappa shape index (κ2) is 9.29. The van der Waals surface area contributed by atoms with Gasteiger partial charge in [0.25, 0.3) is 11.8 Å². The average molecular weight is 335 g/mol. The largest absolute Gasteiger partial charge is 0.454 e. The fraction of sp³-hybridized carbons (Fsp3) is 0.375. The molecule has 0 aliphatic carbocycles. The highest BCUT2D eigenvalue weighted by molar-refractivity contribution is 5.97. The van der Waals surface area contributed by atoms with E-state index in [9.17, 15) is 19.2 Å². The van der Waals surface area contributed by atoms with Crippen molar-refractivity contribution in [3.63, 3.8) is 0 Å². The molecule has 0 aromatic heterocycles. The third-order valence-corrected chi connectivity index (χ3v) is 2.71. The maximum absolute atomic E-state index is 11.8. The van der Waals surface area contributed by atoms with Gasteiger partial charge < -0.3 is 15.4 Å². The summed E-state index contributed by atoms with van der Waals surface area (Å²) in [4.78, 5) is 46.0. The van der Waals surface area contributed by atoms with Gasteiger partial charge >= 0.3 is 12.0 Å². The number of hydrogen-bond acceptors (Lipinski definition) is 5. The molecule has 0 heterocycles. The summed E-state index contributed by atoms with van der Waals surface area (Å²) in [5, 5.41) is 6.86. The summed E-state index contributed by atoms with van der Waals surface area (Å²) in [5.74, 6) is -1.96. The van der Waals surface area contributed by atoms with Crippen LogP contribution in [-0.4, -0.2) is 43.0 Å². The van der Waals surface area contributed by atoms with Crippen LogP contribution in [0.3, 0.4) is 0 Å². The summed E-state index contributed by atoms with van der Waals surface area (Å²) < 4.78 is 4.67. The van der Waals surface area contributed by atoms with Crippen LogP contribution in [0, 0.1) is 6.92 Å². The van der Waals surface area contributed by atoms with Crippen molar-refractivity contribution in [1.29, 1.82) is 0 Å². The Bertz CT molecular complexity index is 628. The maximum Gasteiger partial charge on any atom is 0.325 e. The van der Waals surface area contributed by atoms with Gasteiger partial charge in [-0.05, 0) is 32.9 Å². The minimum Gasteiger partial charge on any atom is -0.454 e. The number of carbonyl (C=O) groups excluding carboxylic acids is 4. The van der Waals surface area contributed by atoms with Gasteiger partial charge in [0.15, 0.2) is 6.61 Å². The SMILES string of the molecule is Cc1cccc(C(=O)NCC(=O)OCC(=O)NC(=O)NC(C)C)c1. The average Bonchev–Trinajstić information content (AvgIpc) is 2.49. The summed E-state index contributed by atoms with van der Waals surface area (Å²) in [5.41, 5.74) is 1.34. The number of urea groups is 1. The normalized spacial score (nSPS) is 10.0. The van der Waals surface area contributed by atoms with Crippen molar-refractivity contribution in [2.75, 3.05) is 13.2 Å². The zero-order valence-electron chi connectivity index (χ0n) is 13.8.